The van der Waals surface area contributed by atoms with Gasteiger partial charge in [0, 0.05) is 0 Å². The summed E-state index contributed by atoms with van der Waals surface area (Å²) < 4.78 is 0. The van der Waals surface area contributed by atoms with Crippen LogP contribution in [0.15, 0.2) is 0 Å². The fourth-order valence-electron chi connectivity index (χ4n) is 1.36. The summed E-state index contributed by atoms with van der Waals surface area (Å²) >= 11 is 0. The Morgan fingerprint density at radius 2 is 2.23 bits per heavy atom. The first-order chi connectivity index (χ1) is 6.15. The van der Waals surface area contributed by atoms with E-state index in [1.54, 1.807) is 0 Å². The van der Waals surface area contributed by atoms with Gasteiger partial charge in [0.25, 0.3) is 0 Å². The lowest BCUT2D eigenvalue weighted by Gasteiger charge is -2.16. The number of nitrogens with one attached hydrogen (secondary N) is 1. The Kier molecular flexibility index (Phi) is 3.72. The molecule has 1 aliphatic carbocycles. The molecule has 0 spiro atoms. The second-order valence-corrected chi connectivity index (χ2v) is 4.08. The minimum atomic E-state index is -0.689. The number of hydrogen-bond acceptors (Lipinski definition) is 2. The van der Waals surface area contributed by atoms with Crippen LogP contribution in [0.5, 0.6) is 0 Å². The van der Waals surface area contributed by atoms with Crippen molar-refractivity contribution in [2.45, 2.75) is 39.2 Å². The van der Waals surface area contributed by atoms with Crippen LogP contribution >= 0.6 is 0 Å². The summed E-state index contributed by atoms with van der Waals surface area (Å²) in [6, 6.07) is -0.297. The summed E-state index contributed by atoms with van der Waals surface area (Å²) in [6.45, 7) is 5.09. The quantitative estimate of drug-likeness (QED) is 0.659. The molecule has 0 aliphatic heterocycles. The first kappa shape index (κ1) is 10.5. The Bertz CT molecular complexity index is 178. The first-order valence-corrected chi connectivity index (χ1v) is 5.11. The highest BCUT2D eigenvalue weighted by atomic mass is 16.4. The van der Waals surface area contributed by atoms with Gasteiger partial charge < -0.3 is 10.4 Å². The third-order valence-electron chi connectivity index (χ3n) is 2.74. The van der Waals surface area contributed by atoms with Crippen molar-refractivity contribution < 1.29 is 9.90 Å². The third-order valence-corrected chi connectivity index (χ3v) is 2.74. The number of carbonyl (C=O) groups is 1. The van der Waals surface area contributed by atoms with Gasteiger partial charge in [-0.1, -0.05) is 20.3 Å². The van der Waals surface area contributed by atoms with E-state index in [1.165, 1.54) is 0 Å². The van der Waals surface area contributed by atoms with Gasteiger partial charge in [0.1, 0.15) is 6.04 Å². The predicted molar refractivity (Wildman–Crippen MR) is 51.6 cm³/mol. The zero-order chi connectivity index (χ0) is 9.84. The van der Waals surface area contributed by atoms with Crippen molar-refractivity contribution in [1.29, 1.82) is 0 Å². The summed E-state index contributed by atoms with van der Waals surface area (Å²) in [7, 11) is 0. The number of carboxylic acid groups (broad SMARTS) is 1. The van der Waals surface area contributed by atoms with Crippen LogP contribution in [0.3, 0.4) is 0 Å². The average Bonchev–Trinajstić information content (AvgIpc) is 2.87. The van der Waals surface area contributed by atoms with Crippen LogP contribution < -0.4 is 5.32 Å². The summed E-state index contributed by atoms with van der Waals surface area (Å²) in [5.74, 6) is 0.271. The van der Waals surface area contributed by atoms with Crippen molar-refractivity contribution >= 4 is 5.97 Å². The van der Waals surface area contributed by atoms with E-state index < -0.39 is 5.97 Å². The molecular formula is C10H19NO2. The van der Waals surface area contributed by atoms with Gasteiger partial charge in [-0.3, -0.25) is 4.79 Å². The second kappa shape index (κ2) is 4.61. The largest absolute Gasteiger partial charge is 0.480 e. The molecule has 1 aliphatic rings. The molecule has 0 aromatic rings. The van der Waals surface area contributed by atoms with Gasteiger partial charge in [-0.05, 0) is 31.2 Å². The van der Waals surface area contributed by atoms with Crippen molar-refractivity contribution in [1.82, 2.24) is 5.32 Å². The molecule has 3 heteroatoms. The Hall–Kier alpha value is -0.570. The molecule has 2 N–H and O–H groups in total. The van der Waals surface area contributed by atoms with Gasteiger partial charge in [-0.15, -0.1) is 0 Å². The Morgan fingerprint density at radius 1 is 1.62 bits per heavy atom. The Balaban J connectivity index is 2.26. The van der Waals surface area contributed by atoms with E-state index in [9.17, 15) is 4.79 Å². The smallest absolute Gasteiger partial charge is 0.320 e. The van der Waals surface area contributed by atoms with Crippen LogP contribution in [-0.2, 0) is 4.79 Å². The van der Waals surface area contributed by atoms with Gasteiger partial charge >= 0.3 is 5.97 Å². The number of carboxylic acids is 1. The molecule has 0 amide bonds. The normalized spacial score (nSPS) is 21.1. The SMILES string of the molecule is CCC(C)CNC(C(=O)O)C1CC1. The predicted octanol–water partition coefficient (Wildman–Crippen LogP) is 1.49. The lowest BCUT2D eigenvalue weighted by Crippen LogP contribution is -2.40. The lowest BCUT2D eigenvalue weighted by atomic mass is 10.1. The first-order valence-electron chi connectivity index (χ1n) is 5.11. The molecule has 1 fully saturated rings. The molecule has 0 radical (unpaired) electrons. The second-order valence-electron chi connectivity index (χ2n) is 4.08. The molecule has 2 unspecified atom stereocenters. The van der Waals surface area contributed by atoms with E-state index in [1.807, 2.05) is 0 Å². The third kappa shape index (κ3) is 3.35. The van der Waals surface area contributed by atoms with Crippen LogP contribution in [0, 0.1) is 11.8 Å². The molecule has 2 atom stereocenters. The molecule has 1 saturated carbocycles. The van der Waals surface area contributed by atoms with Crippen LogP contribution in [0.1, 0.15) is 33.1 Å². The fourth-order valence-corrected chi connectivity index (χ4v) is 1.36. The fraction of sp³-hybridized carbons (Fsp3) is 0.900. The zero-order valence-corrected chi connectivity index (χ0v) is 8.42. The molecule has 0 aromatic carbocycles. The monoisotopic (exact) mass is 185 g/mol. The highest BCUT2D eigenvalue weighted by Crippen LogP contribution is 2.32. The van der Waals surface area contributed by atoms with Crippen molar-refractivity contribution in [3.05, 3.63) is 0 Å². The standard InChI is InChI=1S/C10H19NO2/c1-3-7(2)6-11-9(10(12)13)8-4-5-8/h7-9,11H,3-6H2,1-2H3,(H,12,13). The molecule has 0 bridgehead atoms. The topological polar surface area (TPSA) is 49.3 Å². The van der Waals surface area contributed by atoms with Crippen molar-refractivity contribution in [2.24, 2.45) is 11.8 Å². The summed E-state index contributed by atoms with van der Waals surface area (Å²) in [4.78, 5) is 10.8. The van der Waals surface area contributed by atoms with Gasteiger partial charge in [0.05, 0.1) is 0 Å². The minimum absolute atomic E-state index is 0.297. The number of hydrogen-bond donors (Lipinski definition) is 2. The molecule has 76 valence electrons. The maximum Gasteiger partial charge on any atom is 0.320 e. The van der Waals surface area contributed by atoms with E-state index in [-0.39, 0.29) is 6.04 Å². The van der Waals surface area contributed by atoms with Gasteiger partial charge in [-0.2, -0.15) is 0 Å². The van der Waals surface area contributed by atoms with Crippen molar-refractivity contribution in [2.75, 3.05) is 6.54 Å². The van der Waals surface area contributed by atoms with E-state index in [4.69, 9.17) is 5.11 Å². The molecule has 1 rings (SSSR count). The molecule has 0 aromatic heterocycles. The Labute approximate surface area is 79.5 Å². The Morgan fingerprint density at radius 3 is 2.62 bits per heavy atom. The van der Waals surface area contributed by atoms with Crippen molar-refractivity contribution in [3.8, 4) is 0 Å². The highest BCUT2D eigenvalue weighted by molar-refractivity contribution is 5.74. The van der Waals surface area contributed by atoms with Gasteiger partial charge in [0.15, 0.2) is 0 Å². The van der Waals surface area contributed by atoms with E-state index in [2.05, 4.69) is 19.2 Å². The summed E-state index contributed by atoms with van der Waals surface area (Å²) in [6.07, 6.45) is 3.25. The molecule has 13 heavy (non-hydrogen) atoms. The zero-order valence-electron chi connectivity index (χ0n) is 8.42. The lowest BCUT2D eigenvalue weighted by molar-refractivity contribution is -0.140. The molecule has 0 saturated heterocycles. The van der Waals surface area contributed by atoms with Crippen LogP contribution in [-0.4, -0.2) is 23.7 Å². The number of rotatable bonds is 6. The van der Waals surface area contributed by atoms with Crippen LogP contribution in [0.2, 0.25) is 0 Å². The van der Waals surface area contributed by atoms with E-state index >= 15 is 0 Å². The van der Waals surface area contributed by atoms with Crippen LogP contribution in [0.25, 0.3) is 0 Å². The molecule has 3 nitrogen and oxygen atoms in total. The summed E-state index contributed by atoms with van der Waals surface area (Å²) in [5.41, 5.74) is 0. The minimum Gasteiger partial charge on any atom is -0.480 e. The van der Waals surface area contributed by atoms with Gasteiger partial charge in [-0.25, -0.2) is 0 Å². The highest BCUT2D eigenvalue weighted by Gasteiger charge is 2.35. The van der Waals surface area contributed by atoms with Gasteiger partial charge in [0.2, 0.25) is 0 Å². The average molecular weight is 185 g/mol. The molecule has 0 heterocycles. The number of aliphatic carboxylic acids is 1. The summed E-state index contributed by atoms with van der Waals surface area (Å²) in [5, 5.41) is 12.0. The maximum absolute atomic E-state index is 10.8. The van der Waals surface area contributed by atoms with Crippen molar-refractivity contribution in [3.63, 3.8) is 0 Å². The molecular weight excluding hydrogens is 166 g/mol. The maximum atomic E-state index is 10.8. The van der Waals surface area contributed by atoms with E-state index in [0.717, 1.165) is 25.8 Å². The van der Waals surface area contributed by atoms with E-state index in [0.29, 0.717) is 11.8 Å². The van der Waals surface area contributed by atoms with Crippen LogP contribution in [0.4, 0.5) is 0 Å².